The fourth-order valence-electron chi connectivity index (χ4n) is 1.38. The van der Waals surface area contributed by atoms with E-state index in [9.17, 15) is 9.59 Å². The van der Waals surface area contributed by atoms with Gasteiger partial charge in [-0.05, 0) is 6.92 Å². The van der Waals surface area contributed by atoms with Gasteiger partial charge in [0.1, 0.15) is 6.04 Å². The maximum Gasteiger partial charge on any atom is 0.328 e. The Morgan fingerprint density at radius 2 is 2.38 bits per heavy atom. The van der Waals surface area contributed by atoms with Gasteiger partial charge in [-0.3, -0.25) is 4.79 Å². The zero-order valence-corrected chi connectivity index (χ0v) is 7.69. The maximum absolute atomic E-state index is 11.2. The van der Waals surface area contributed by atoms with E-state index < -0.39 is 18.1 Å². The van der Waals surface area contributed by atoms with E-state index in [0.29, 0.717) is 0 Å². The smallest absolute Gasteiger partial charge is 0.328 e. The van der Waals surface area contributed by atoms with Crippen molar-refractivity contribution in [2.75, 3.05) is 13.7 Å². The van der Waals surface area contributed by atoms with Gasteiger partial charge in [0.05, 0.1) is 19.6 Å². The quantitative estimate of drug-likeness (QED) is 0.571. The number of nitrogens with zero attached hydrogens (tertiary/aromatic N) is 1. The van der Waals surface area contributed by atoms with Gasteiger partial charge in [0.2, 0.25) is 5.91 Å². The van der Waals surface area contributed by atoms with Gasteiger partial charge in [-0.15, -0.1) is 0 Å². The second kappa shape index (κ2) is 3.74. The standard InChI is InChI=1S/C8H13NO4/c1-5(8(12)13-2)9-4-6(10)3-7(9)11/h5-6,10H,3-4H2,1-2H3. The van der Waals surface area contributed by atoms with Crippen LogP contribution < -0.4 is 0 Å². The third-order valence-corrected chi connectivity index (χ3v) is 2.15. The molecule has 1 aliphatic heterocycles. The predicted octanol–water partition coefficient (Wildman–Crippen LogP) is -0.859. The first-order valence-corrected chi connectivity index (χ1v) is 4.11. The van der Waals surface area contributed by atoms with Crippen LogP contribution in [0.1, 0.15) is 13.3 Å². The van der Waals surface area contributed by atoms with Gasteiger partial charge >= 0.3 is 5.97 Å². The number of methoxy groups -OCH3 is 1. The number of hydrogen-bond donors (Lipinski definition) is 1. The maximum atomic E-state index is 11.2. The van der Waals surface area contributed by atoms with Crippen molar-refractivity contribution in [1.82, 2.24) is 4.90 Å². The molecule has 13 heavy (non-hydrogen) atoms. The summed E-state index contributed by atoms with van der Waals surface area (Å²) in [5.74, 6) is -0.659. The number of likely N-dealkylation sites (tertiary alicyclic amines) is 1. The van der Waals surface area contributed by atoms with Crippen LogP contribution in [-0.2, 0) is 14.3 Å². The monoisotopic (exact) mass is 187 g/mol. The third kappa shape index (κ3) is 1.98. The van der Waals surface area contributed by atoms with Crippen LogP contribution in [0.3, 0.4) is 0 Å². The number of ether oxygens (including phenoxy) is 1. The molecule has 0 aliphatic carbocycles. The number of hydrogen-bond acceptors (Lipinski definition) is 4. The number of β-amino-alcohol motifs (C(OH)–C–C–N with tert-alkyl or cyclic N) is 1. The van der Waals surface area contributed by atoms with Crippen molar-refractivity contribution >= 4 is 11.9 Å². The van der Waals surface area contributed by atoms with Gasteiger partial charge in [-0.2, -0.15) is 0 Å². The van der Waals surface area contributed by atoms with Crippen LogP contribution in [0.15, 0.2) is 0 Å². The molecule has 0 radical (unpaired) electrons. The summed E-state index contributed by atoms with van der Waals surface area (Å²) in [6.07, 6.45) is -0.555. The molecule has 1 heterocycles. The minimum Gasteiger partial charge on any atom is -0.467 e. The Bertz CT molecular complexity index is 228. The molecule has 0 saturated carbocycles. The molecule has 1 N–H and O–H groups in total. The number of aliphatic hydroxyl groups excluding tert-OH is 1. The average Bonchev–Trinajstić information content (AvgIpc) is 2.42. The summed E-state index contributed by atoms with van der Waals surface area (Å²) in [5, 5.41) is 9.16. The summed E-state index contributed by atoms with van der Waals surface area (Å²) in [5.41, 5.74) is 0. The van der Waals surface area contributed by atoms with Crippen molar-refractivity contribution in [3.63, 3.8) is 0 Å². The summed E-state index contributed by atoms with van der Waals surface area (Å²) in [7, 11) is 1.27. The van der Waals surface area contributed by atoms with Crippen LogP contribution in [-0.4, -0.2) is 47.7 Å². The summed E-state index contributed by atoms with van der Waals surface area (Å²) in [4.78, 5) is 23.6. The van der Waals surface area contributed by atoms with E-state index in [2.05, 4.69) is 4.74 Å². The Kier molecular flexibility index (Phi) is 2.87. The first-order valence-electron chi connectivity index (χ1n) is 4.11. The highest BCUT2D eigenvalue weighted by molar-refractivity contribution is 5.85. The van der Waals surface area contributed by atoms with Crippen molar-refractivity contribution < 1.29 is 19.4 Å². The highest BCUT2D eigenvalue weighted by Crippen LogP contribution is 2.14. The largest absolute Gasteiger partial charge is 0.467 e. The summed E-state index contributed by atoms with van der Waals surface area (Å²) in [6, 6.07) is -0.602. The molecule has 0 aromatic heterocycles. The molecule has 5 heteroatoms. The van der Waals surface area contributed by atoms with Gasteiger partial charge in [0.25, 0.3) is 0 Å². The van der Waals surface area contributed by atoms with Gasteiger partial charge in [-0.25, -0.2) is 4.79 Å². The highest BCUT2D eigenvalue weighted by Gasteiger charge is 2.34. The number of carbonyl (C=O) groups excluding carboxylic acids is 2. The van der Waals surface area contributed by atoms with Gasteiger partial charge < -0.3 is 14.7 Å². The fourth-order valence-corrected chi connectivity index (χ4v) is 1.38. The summed E-state index contributed by atoms with van der Waals surface area (Å²) < 4.78 is 4.49. The molecular formula is C8H13NO4. The second-order valence-electron chi connectivity index (χ2n) is 3.10. The van der Waals surface area contributed by atoms with Crippen LogP contribution in [0.2, 0.25) is 0 Å². The van der Waals surface area contributed by atoms with Gasteiger partial charge in [0.15, 0.2) is 0 Å². The predicted molar refractivity (Wildman–Crippen MR) is 43.8 cm³/mol. The minimum atomic E-state index is -0.653. The summed E-state index contributed by atoms with van der Waals surface area (Å²) >= 11 is 0. The lowest BCUT2D eigenvalue weighted by molar-refractivity contribution is -0.150. The van der Waals surface area contributed by atoms with E-state index >= 15 is 0 Å². The van der Waals surface area contributed by atoms with Crippen LogP contribution in [0.4, 0.5) is 0 Å². The Labute approximate surface area is 76.3 Å². The number of rotatable bonds is 2. The first-order chi connectivity index (χ1) is 6.06. The second-order valence-corrected chi connectivity index (χ2v) is 3.10. The molecule has 1 amide bonds. The van der Waals surface area contributed by atoms with Crippen LogP contribution >= 0.6 is 0 Å². The number of carbonyl (C=O) groups is 2. The van der Waals surface area contributed by atoms with Crippen molar-refractivity contribution in [2.45, 2.75) is 25.5 Å². The average molecular weight is 187 g/mol. The lowest BCUT2D eigenvalue weighted by Gasteiger charge is -2.21. The fraction of sp³-hybridized carbons (Fsp3) is 0.750. The van der Waals surface area contributed by atoms with Crippen LogP contribution in [0, 0.1) is 0 Å². The lowest BCUT2D eigenvalue weighted by Crippen LogP contribution is -2.41. The van der Waals surface area contributed by atoms with Gasteiger partial charge in [-0.1, -0.05) is 0 Å². The first kappa shape index (κ1) is 9.98. The molecule has 1 rings (SSSR count). The van der Waals surface area contributed by atoms with Crippen molar-refractivity contribution in [3.05, 3.63) is 0 Å². The molecule has 2 atom stereocenters. The van der Waals surface area contributed by atoms with E-state index in [1.807, 2.05) is 0 Å². The molecule has 0 aromatic rings. The lowest BCUT2D eigenvalue weighted by atomic mass is 10.3. The van der Waals surface area contributed by atoms with Crippen LogP contribution in [0.5, 0.6) is 0 Å². The third-order valence-electron chi connectivity index (χ3n) is 2.15. The summed E-state index contributed by atoms with van der Waals surface area (Å²) in [6.45, 7) is 1.80. The highest BCUT2D eigenvalue weighted by atomic mass is 16.5. The molecule has 1 fully saturated rings. The molecule has 74 valence electrons. The normalized spacial score (nSPS) is 24.7. The topological polar surface area (TPSA) is 66.8 Å². The Hall–Kier alpha value is -1.10. The Morgan fingerprint density at radius 3 is 2.77 bits per heavy atom. The number of esters is 1. The molecule has 5 nitrogen and oxygen atoms in total. The van der Waals surface area contributed by atoms with E-state index in [-0.39, 0.29) is 18.9 Å². The molecule has 0 spiro atoms. The molecule has 0 aromatic carbocycles. The number of amides is 1. The minimum absolute atomic E-state index is 0.0985. The SMILES string of the molecule is COC(=O)C(C)N1CC(O)CC1=O. The Morgan fingerprint density at radius 1 is 1.77 bits per heavy atom. The zero-order valence-electron chi connectivity index (χ0n) is 7.69. The molecular weight excluding hydrogens is 174 g/mol. The van der Waals surface area contributed by atoms with E-state index in [1.165, 1.54) is 12.0 Å². The van der Waals surface area contributed by atoms with Crippen molar-refractivity contribution in [2.24, 2.45) is 0 Å². The number of aliphatic hydroxyl groups is 1. The molecule has 0 bridgehead atoms. The van der Waals surface area contributed by atoms with E-state index in [1.54, 1.807) is 6.92 Å². The molecule has 1 saturated heterocycles. The van der Waals surface area contributed by atoms with Crippen LogP contribution in [0.25, 0.3) is 0 Å². The van der Waals surface area contributed by atoms with Crippen molar-refractivity contribution in [3.8, 4) is 0 Å². The van der Waals surface area contributed by atoms with E-state index in [0.717, 1.165) is 0 Å². The molecule has 2 unspecified atom stereocenters. The zero-order chi connectivity index (χ0) is 10.0. The van der Waals surface area contributed by atoms with Crippen molar-refractivity contribution in [1.29, 1.82) is 0 Å². The van der Waals surface area contributed by atoms with E-state index in [4.69, 9.17) is 5.11 Å². The molecule has 1 aliphatic rings. The van der Waals surface area contributed by atoms with Gasteiger partial charge in [0, 0.05) is 6.54 Å². The Balaban J connectivity index is 2.62.